The van der Waals surface area contributed by atoms with Crippen molar-refractivity contribution in [2.24, 2.45) is 11.8 Å². The Labute approximate surface area is 123 Å². The first-order valence-corrected chi connectivity index (χ1v) is 7.08. The molecule has 0 aliphatic carbocycles. The number of hydrogen-bond acceptors (Lipinski definition) is 2. The van der Waals surface area contributed by atoms with E-state index < -0.39 is 11.9 Å². The Kier molecular flexibility index (Phi) is 4.65. The number of carbonyl (C=O) groups is 2. The maximum atomic E-state index is 12.3. The number of carboxylic acids is 1. The lowest BCUT2D eigenvalue weighted by Crippen LogP contribution is -2.46. The van der Waals surface area contributed by atoms with Crippen molar-refractivity contribution < 1.29 is 14.7 Å². The topological polar surface area (TPSA) is 57.6 Å². The lowest BCUT2D eigenvalue weighted by molar-refractivity contribution is -0.146. The van der Waals surface area contributed by atoms with Gasteiger partial charge in [-0.25, -0.2) is 0 Å². The van der Waals surface area contributed by atoms with Crippen molar-refractivity contribution in [3.8, 4) is 0 Å². The second-order valence-corrected chi connectivity index (χ2v) is 5.92. The van der Waals surface area contributed by atoms with E-state index in [9.17, 15) is 9.59 Å². The summed E-state index contributed by atoms with van der Waals surface area (Å²) in [5.74, 6) is -1.10. The number of nitrogens with zero attached hydrogens (tertiary/aromatic N) is 1. The SMILES string of the molecule is CC1CC(C(=O)O)CN(C(=O)Cc2cccc(Cl)c2)C1. The van der Waals surface area contributed by atoms with Crippen molar-refractivity contribution in [2.75, 3.05) is 13.1 Å². The number of amides is 1. The molecule has 0 bridgehead atoms. The number of carbonyl (C=O) groups excluding carboxylic acids is 1. The molecule has 5 heteroatoms. The first-order chi connectivity index (χ1) is 9.45. The second-order valence-electron chi connectivity index (χ2n) is 5.48. The van der Waals surface area contributed by atoms with Crippen LogP contribution in [-0.2, 0) is 16.0 Å². The molecule has 0 radical (unpaired) electrons. The molecule has 1 saturated heterocycles. The molecule has 108 valence electrons. The van der Waals surface area contributed by atoms with E-state index in [-0.39, 0.29) is 18.2 Å². The number of aliphatic carboxylic acids is 1. The Bertz CT molecular complexity index is 518. The van der Waals surface area contributed by atoms with E-state index in [4.69, 9.17) is 16.7 Å². The van der Waals surface area contributed by atoms with Gasteiger partial charge >= 0.3 is 5.97 Å². The number of rotatable bonds is 3. The highest BCUT2D eigenvalue weighted by atomic mass is 35.5. The summed E-state index contributed by atoms with van der Waals surface area (Å²) >= 11 is 5.90. The fourth-order valence-electron chi connectivity index (χ4n) is 2.67. The minimum atomic E-state index is -0.822. The van der Waals surface area contributed by atoms with Crippen LogP contribution in [0.2, 0.25) is 5.02 Å². The lowest BCUT2D eigenvalue weighted by Gasteiger charge is -2.34. The molecule has 4 nitrogen and oxygen atoms in total. The van der Waals surface area contributed by atoms with Crippen molar-refractivity contribution in [3.63, 3.8) is 0 Å². The molecule has 1 aliphatic heterocycles. The van der Waals surface area contributed by atoms with Gasteiger partial charge in [-0.3, -0.25) is 9.59 Å². The average Bonchev–Trinajstić information content (AvgIpc) is 2.37. The molecule has 0 spiro atoms. The van der Waals surface area contributed by atoms with Crippen LogP contribution in [0.25, 0.3) is 0 Å². The number of carboxylic acid groups (broad SMARTS) is 1. The Balaban J connectivity index is 2.03. The molecule has 2 atom stereocenters. The van der Waals surface area contributed by atoms with E-state index >= 15 is 0 Å². The van der Waals surface area contributed by atoms with Gasteiger partial charge < -0.3 is 10.0 Å². The Morgan fingerprint density at radius 1 is 1.40 bits per heavy atom. The first kappa shape index (κ1) is 14.9. The predicted molar refractivity (Wildman–Crippen MR) is 76.6 cm³/mol. The molecule has 1 fully saturated rings. The van der Waals surface area contributed by atoms with Crippen LogP contribution in [0.1, 0.15) is 18.9 Å². The maximum absolute atomic E-state index is 12.3. The van der Waals surface area contributed by atoms with Crippen molar-refractivity contribution in [2.45, 2.75) is 19.8 Å². The summed E-state index contributed by atoms with van der Waals surface area (Å²) in [6.07, 6.45) is 0.899. The summed E-state index contributed by atoms with van der Waals surface area (Å²) in [7, 11) is 0. The molecule has 1 amide bonds. The molecule has 2 unspecified atom stereocenters. The van der Waals surface area contributed by atoms with E-state index in [1.807, 2.05) is 19.1 Å². The summed E-state index contributed by atoms with van der Waals surface area (Å²) in [6, 6.07) is 7.19. The third kappa shape index (κ3) is 3.73. The zero-order chi connectivity index (χ0) is 14.7. The molecular formula is C15H18ClNO3. The van der Waals surface area contributed by atoms with Crippen LogP contribution in [0.15, 0.2) is 24.3 Å². The van der Waals surface area contributed by atoms with E-state index in [0.717, 1.165) is 5.56 Å². The fraction of sp³-hybridized carbons (Fsp3) is 0.467. The quantitative estimate of drug-likeness (QED) is 0.932. The van der Waals surface area contributed by atoms with Gasteiger partial charge in [0.2, 0.25) is 5.91 Å². The van der Waals surface area contributed by atoms with Crippen LogP contribution in [0.5, 0.6) is 0 Å². The molecule has 1 aromatic carbocycles. The van der Waals surface area contributed by atoms with Gasteiger partial charge in [-0.15, -0.1) is 0 Å². The maximum Gasteiger partial charge on any atom is 0.308 e. The fourth-order valence-corrected chi connectivity index (χ4v) is 2.88. The Morgan fingerprint density at radius 2 is 2.15 bits per heavy atom. The third-order valence-corrected chi connectivity index (χ3v) is 3.84. The molecule has 20 heavy (non-hydrogen) atoms. The van der Waals surface area contributed by atoms with Crippen molar-refractivity contribution >= 4 is 23.5 Å². The van der Waals surface area contributed by atoms with Gasteiger partial charge in [-0.2, -0.15) is 0 Å². The summed E-state index contributed by atoms with van der Waals surface area (Å²) in [6.45, 7) is 2.91. The van der Waals surface area contributed by atoms with Gasteiger partial charge in [0.15, 0.2) is 0 Å². The Hall–Kier alpha value is -1.55. The zero-order valence-corrected chi connectivity index (χ0v) is 12.1. The van der Waals surface area contributed by atoms with Crippen LogP contribution in [0, 0.1) is 11.8 Å². The van der Waals surface area contributed by atoms with Crippen molar-refractivity contribution in [1.82, 2.24) is 4.90 Å². The molecular weight excluding hydrogens is 278 g/mol. The average molecular weight is 296 g/mol. The highest BCUT2D eigenvalue weighted by molar-refractivity contribution is 6.30. The van der Waals surface area contributed by atoms with E-state index in [2.05, 4.69) is 0 Å². The summed E-state index contributed by atoms with van der Waals surface area (Å²) in [5.41, 5.74) is 0.854. The number of piperidine rings is 1. The van der Waals surface area contributed by atoms with Crippen LogP contribution in [0.4, 0.5) is 0 Å². The molecule has 2 rings (SSSR count). The minimum Gasteiger partial charge on any atom is -0.481 e. The lowest BCUT2D eigenvalue weighted by atomic mass is 9.90. The monoisotopic (exact) mass is 295 g/mol. The second kappa shape index (κ2) is 6.27. The third-order valence-electron chi connectivity index (χ3n) is 3.61. The number of benzene rings is 1. The van der Waals surface area contributed by atoms with Crippen molar-refractivity contribution in [1.29, 1.82) is 0 Å². The summed E-state index contributed by atoms with van der Waals surface area (Å²) in [4.78, 5) is 25.1. The van der Waals surface area contributed by atoms with Gasteiger partial charge in [-0.1, -0.05) is 30.7 Å². The number of likely N-dealkylation sites (tertiary alicyclic amines) is 1. The van der Waals surface area contributed by atoms with Crippen LogP contribution >= 0.6 is 11.6 Å². The first-order valence-electron chi connectivity index (χ1n) is 6.70. The highest BCUT2D eigenvalue weighted by Crippen LogP contribution is 2.22. The van der Waals surface area contributed by atoms with E-state index in [1.165, 1.54) is 0 Å². The van der Waals surface area contributed by atoms with E-state index in [1.54, 1.807) is 17.0 Å². The molecule has 1 aromatic rings. The smallest absolute Gasteiger partial charge is 0.308 e. The predicted octanol–water partition coefficient (Wildman–Crippen LogP) is 2.45. The molecule has 1 aliphatic rings. The zero-order valence-electron chi connectivity index (χ0n) is 11.4. The van der Waals surface area contributed by atoms with E-state index in [0.29, 0.717) is 24.5 Å². The van der Waals surface area contributed by atoms with Gasteiger partial charge in [0.05, 0.1) is 12.3 Å². The summed E-state index contributed by atoms with van der Waals surface area (Å²) < 4.78 is 0. The van der Waals surface area contributed by atoms with Crippen molar-refractivity contribution in [3.05, 3.63) is 34.9 Å². The normalized spacial score (nSPS) is 22.6. The highest BCUT2D eigenvalue weighted by Gasteiger charge is 2.31. The summed E-state index contributed by atoms with van der Waals surface area (Å²) in [5, 5.41) is 9.73. The number of hydrogen-bond donors (Lipinski definition) is 1. The van der Waals surface area contributed by atoms with Crippen LogP contribution in [0.3, 0.4) is 0 Å². The number of halogens is 1. The Morgan fingerprint density at radius 3 is 2.80 bits per heavy atom. The van der Waals surface area contributed by atoms with Gasteiger partial charge in [0.1, 0.15) is 0 Å². The molecule has 0 aromatic heterocycles. The molecule has 0 saturated carbocycles. The van der Waals surface area contributed by atoms with Gasteiger partial charge in [-0.05, 0) is 30.0 Å². The molecule has 1 N–H and O–H groups in total. The van der Waals surface area contributed by atoms with Gasteiger partial charge in [0.25, 0.3) is 0 Å². The molecule has 1 heterocycles. The standard InChI is InChI=1S/C15H18ClNO3/c1-10-5-12(15(19)20)9-17(8-10)14(18)7-11-3-2-4-13(16)6-11/h2-4,6,10,12H,5,7-9H2,1H3,(H,19,20). The minimum absolute atomic E-state index is 0.0370. The van der Waals surface area contributed by atoms with Crippen LogP contribution in [-0.4, -0.2) is 35.0 Å². The van der Waals surface area contributed by atoms with Crippen LogP contribution < -0.4 is 0 Å². The van der Waals surface area contributed by atoms with Gasteiger partial charge in [0, 0.05) is 18.1 Å². The largest absolute Gasteiger partial charge is 0.481 e.